The van der Waals surface area contributed by atoms with E-state index in [9.17, 15) is 15.0 Å². The van der Waals surface area contributed by atoms with Gasteiger partial charge in [0.1, 0.15) is 5.60 Å². The van der Waals surface area contributed by atoms with Gasteiger partial charge in [0, 0.05) is 17.8 Å². The second kappa shape index (κ2) is 5.93. The minimum Gasteiger partial charge on any atom is -0.458 e. The minimum atomic E-state index is -0.407. The van der Waals surface area contributed by atoms with Crippen molar-refractivity contribution in [2.24, 2.45) is 23.7 Å². The van der Waals surface area contributed by atoms with E-state index in [1.54, 1.807) is 0 Å². The summed E-state index contributed by atoms with van der Waals surface area (Å²) < 4.78 is 12.8. The number of hydrogen-bond donors (Lipinski definition) is 2. The molecule has 2 aliphatic heterocycles. The highest BCUT2D eigenvalue weighted by atomic mass is 16.6. The van der Waals surface area contributed by atoms with Crippen LogP contribution in [0.2, 0.25) is 0 Å². The summed E-state index contributed by atoms with van der Waals surface area (Å²) in [4.78, 5) is 12.8. The van der Waals surface area contributed by atoms with Crippen molar-refractivity contribution in [2.75, 3.05) is 0 Å². The van der Waals surface area contributed by atoms with Crippen LogP contribution in [0.5, 0.6) is 0 Å². The first-order valence-corrected chi connectivity index (χ1v) is 10.3. The van der Waals surface area contributed by atoms with Gasteiger partial charge in [-0.2, -0.15) is 0 Å². The third-order valence-corrected chi connectivity index (χ3v) is 7.96. The summed E-state index contributed by atoms with van der Waals surface area (Å²) in [5.41, 5.74) is -0.407. The molecule has 3 saturated carbocycles. The zero-order chi connectivity index (χ0) is 17.2. The third-order valence-electron chi connectivity index (χ3n) is 7.96. The molecule has 1 spiro atoms. The summed E-state index contributed by atoms with van der Waals surface area (Å²) in [6.45, 7) is 0. The molecule has 0 amide bonds. The largest absolute Gasteiger partial charge is 0.458 e. The lowest BCUT2D eigenvalue weighted by Gasteiger charge is -2.59. The van der Waals surface area contributed by atoms with Gasteiger partial charge in [-0.1, -0.05) is 12.8 Å². The minimum absolute atomic E-state index is 0.0151. The third kappa shape index (κ3) is 2.35. The predicted octanol–water partition coefficient (Wildman–Crippen LogP) is 2.18. The van der Waals surface area contributed by atoms with E-state index >= 15 is 0 Å². The van der Waals surface area contributed by atoms with Gasteiger partial charge in [-0.25, -0.2) is 0 Å². The van der Waals surface area contributed by atoms with Crippen LogP contribution < -0.4 is 0 Å². The van der Waals surface area contributed by atoms with Gasteiger partial charge in [-0.05, 0) is 51.4 Å². The Morgan fingerprint density at radius 3 is 2.04 bits per heavy atom. The van der Waals surface area contributed by atoms with Crippen molar-refractivity contribution >= 4 is 5.97 Å². The number of aliphatic hydroxyl groups excluding tert-OH is 2. The maximum absolute atomic E-state index is 12.8. The monoisotopic (exact) mass is 350 g/mol. The molecule has 5 rings (SSSR count). The number of fused-ring (bicyclic) bond motifs is 6. The van der Waals surface area contributed by atoms with E-state index in [4.69, 9.17) is 9.47 Å². The summed E-state index contributed by atoms with van der Waals surface area (Å²) >= 11 is 0. The molecular formula is C20H30O5. The fourth-order valence-electron chi connectivity index (χ4n) is 7.03. The van der Waals surface area contributed by atoms with E-state index in [1.165, 1.54) is 6.42 Å². The zero-order valence-electron chi connectivity index (χ0n) is 14.8. The van der Waals surface area contributed by atoms with E-state index in [1.807, 2.05) is 0 Å². The highest BCUT2D eigenvalue weighted by Gasteiger charge is 2.68. The molecule has 3 aliphatic carbocycles. The molecule has 0 bridgehead atoms. The summed E-state index contributed by atoms with van der Waals surface area (Å²) in [6.07, 6.45) is 8.24. The molecule has 0 aromatic carbocycles. The highest BCUT2D eigenvalue weighted by Crippen LogP contribution is 2.61. The first-order valence-electron chi connectivity index (χ1n) is 10.3. The number of aliphatic hydroxyl groups is 2. The van der Waals surface area contributed by atoms with Gasteiger partial charge in [-0.15, -0.1) is 0 Å². The summed E-state index contributed by atoms with van der Waals surface area (Å²) in [6, 6.07) is 0. The Morgan fingerprint density at radius 1 is 0.800 bits per heavy atom. The van der Waals surface area contributed by atoms with Crippen molar-refractivity contribution in [1.82, 2.24) is 0 Å². The summed E-state index contributed by atoms with van der Waals surface area (Å²) in [5.74, 6) is 0.810. The van der Waals surface area contributed by atoms with Crippen LogP contribution in [0.25, 0.3) is 0 Å². The van der Waals surface area contributed by atoms with E-state index in [-0.39, 0.29) is 48.1 Å². The quantitative estimate of drug-likeness (QED) is 0.655. The lowest BCUT2D eigenvalue weighted by atomic mass is 9.54. The second-order valence-electron chi connectivity index (χ2n) is 9.13. The van der Waals surface area contributed by atoms with Gasteiger partial charge in [-0.3, -0.25) is 4.79 Å². The number of rotatable bonds is 0. The standard InChI is InChI=1S/C20H30O5/c21-11-5-7-15-17(9-11)24-18-10-12(22)6-8-16(18)20(15)14-4-2-1-3-13(14)19(23)25-20/h11-18,21-22H,1-10H2. The molecule has 2 heterocycles. The Labute approximate surface area is 149 Å². The fourth-order valence-corrected chi connectivity index (χ4v) is 7.03. The molecule has 8 unspecified atom stereocenters. The van der Waals surface area contributed by atoms with E-state index in [2.05, 4.69) is 0 Å². The zero-order valence-corrected chi connectivity index (χ0v) is 14.8. The molecule has 8 atom stereocenters. The van der Waals surface area contributed by atoms with Crippen molar-refractivity contribution < 1.29 is 24.5 Å². The van der Waals surface area contributed by atoms with Crippen LogP contribution in [0, 0.1) is 23.7 Å². The highest BCUT2D eigenvalue weighted by molar-refractivity contribution is 5.76. The Morgan fingerprint density at radius 2 is 1.40 bits per heavy atom. The molecular weight excluding hydrogens is 320 g/mol. The van der Waals surface area contributed by atoms with Crippen molar-refractivity contribution in [3.8, 4) is 0 Å². The van der Waals surface area contributed by atoms with Gasteiger partial charge < -0.3 is 19.7 Å². The molecule has 5 heteroatoms. The van der Waals surface area contributed by atoms with Crippen molar-refractivity contribution in [2.45, 2.75) is 94.2 Å². The van der Waals surface area contributed by atoms with Crippen LogP contribution in [0.1, 0.15) is 64.2 Å². The van der Waals surface area contributed by atoms with Gasteiger partial charge >= 0.3 is 5.97 Å². The van der Waals surface area contributed by atoms with Gasteiger partial charge in [0.05, 0.1) is 30.3 Å². The van der Waals surface area contributed by atoms with Crippen LogP contribution >= 0.6 is 0 Å². The summed E-state index contributed by atoms with van der Waals surface area (Å²) in [5, 5.41) is 20.3. The molecule has 5 fully saturated rings. The predicted molar refractivity (Wildman–Crippen MR) is 89.6 cm³/mol. The van der Waals surface area contributed by atoms with Crippen molar-refractivity contribution in [3.63, 3.8) is 0 Å². The molecule has 25 heavy (non-hydrogen) atoms. The average Bonchev–Trinajstić information content (AvgIpc) is 2.88. The first kappa shape index (κ1) is 16.5. The molecule has 5 aliphatic rings. The van der Waals surface area contributed by atoms with E-state index in [0.29, 0.717) is 18.8 Å². The van der Waals surface area contributed by atoms with Gasteiger partial charge in [0.25, 0.3) is 0 Å². The Hall–Kier alpha value is -0.650. The molecule has 2 saturated heterocycles. The van der Waals surface area contributed by atoms with Gasteiger partial charge in [0.15, 0.2) is 0 Å². The van der Waals surface area contributed by atoms with Crippen molar-refractivity contribution in [1.29, 1.82) is 0 Å². The van der Waals surface area contributed by atoms with Crippen molar-refractivity contribution in [3.05, 3.63) is 0 Å². The van der Waals surface area contributed by atoms with Crippen LogP contribution in [0.15, 0.2) is 0 Å². The normalized spacial score (nSPS) is 55.2. The SMILES string of the molecule is O=C1OC2(C3CCC(O)CC3OC3CC(O)CCC32)C2CCCCC12. The smallest absolute Gasteiger partial charge is 0.309 e. The van der Waals surface area contributed by atoms with Crippen LogP contribution in [-0.4, -0.2) is 46.2 Å². The molecule has 0 aromatic rings. The van der Waals surface area contributed by atoms with Crippen LogP contribution in [-0.2, 0) is 14.3 Å². The molecule has 2 N–H and O–H groups in total. The van der Waals surface area contributed by atoms with E-state index < -0.39 is 5.60 Å². The van der Waals surface area contributed by atoms with E-state index in [0.717, 1.165) is 44.9 Å². The maximum Gasteiger partial charge on any atom is 0.309 e. The number of hydrogen-bond acceptors (Lipinski definition) is 5. The molecule has 5 nitrogen and oxygen atoms in total. The van der Waals surface area contributed by atoms with Crippen LogP contribution in [0.4, 0.5) is 0 Å². The Bertz CT molecular complexity index is 522. The lowest BCUT2D eigenvalue weighted by molar-refractivity contribution is -0.267. The molecule has 140 valence electrons. The number of carbonyl (C=O) groups excluding carboxylic acids is 1. The van der Waals surface area contributed by atoms with Crippen LogP contribution in [0.3, 0.4) is 0 Å². The first-order chi connectivity index (χ1) is 12.1. The topological polar surface area (TPSA) is 76.0 Å². The Balaban J connectivity index is 1.57. The molecule has 0 aromatic heterocycles. The number of carbonyl (C=O) groups is 1. The maximum atomic E-state index is 12.8. The number of ether oxygens (including phenoxy) is 2. The molecule has 0 radical (unpaired) electrons. The second-order valence-corrected chi connectivity index (χ2v) is 9.13. The Kier molecular flexibility index (Phi) is 3.92. The number of esters is 1. The fraction of sp³-hybridized carbons (Fsp3) is 0.950. The average molecular weight is 350 g/mol. The van der Waals surface area contributed by atoms with Gasteiger partial charge in [0.2, 0.25) is 0 Å². The summed E-state index contributed by atoms with van der Waals surface area (Å²) in [7, 11) is 0. The lowest BCUT2D eigenvalue weighted by Crippen LogP contribution is -2.66.